The molecule has 0 aromatic heterocycles. The Labute approximate surface area is 75.2 Å². The van der Waals surface area contributed by atoms with E-state index in [-0.39, 0.29) is 6.10 Å². The molecule has 0 amide bonds. The van der Waals surface area contributed by atoms with Crippen LogP contribution in [0, 0.1) is 11.8 Å². The largest absolute Gasteiger partial charge is 0.393 e. The number of aliphatic hydroxyl groups is 1. The van der Waals surface area contributed by atoms with Crippen molar-refractivity contribution in [3.05, 3.63) is 0 Å². The first-order valence-corrected chi connectivity index (χ1v) is 5.17. The lowest BCUT2D eigenvalue weighted by molar-refractivity contribution is 0.0542. The highest BCUT2D eigenvalue weighted by molar-refractivity contribution is 4.79. The van der Waals surface area contributed by atoms with Gasteiger partial charge in [-0.3, -0.25) is 0 Å². The van der Waals surface area contributed by atoms with Gasteiger partial charge in [0.2, 0.25) is 0 Å². The van der Waals surface area contributed by atoms with Crippen LogP contribution < -0.4 is 5.73 Å². The summed E-state index contributed by atoms with van der Waals surface area (Å²) in [6.07, 6.45) is 5.87. The average Bonchev–Trinajstić information content (AvgIpc) is 2.58. The van der Waals surface area contributed by atoms with E-state index in [1.807, 2.05) is 0 Å². The minimum Gasteiger partial charge on any atom is -0.393 e. The summed E-state index contributed by atoms with van der Waals surface area (Å²) in [4.78, 5) is 0. The lowest BCUT2D eigenvalue weighted by Gasteiger charge is -2.25. The molecule has 1 fully saturated rings. The van der Waals surface area contributed by atoms with E-state index < -0.39 is 0 Å². The standard InChI is InChI=1S/C10H21NO/c1-2-8(7-11)10(12)9-5-3-4-6-9/h8-10,12H,2-7,11H2,1H3. The first-order chi connectivity index (χ1) is 5.79. The Morgan fingerprint density at radius 3 is 2.42 bits per heavy atom. The molecule has 3 N–H and O–H groups in total. The number of aliphatic hydroxyl groups excluding tert-OH is 1. The van der Waals surface area contributed by atoms with Gasteiger partial charge in [-0.1, -0.05) is 19.8 Å². The topological polar surface area (TPSA) is 46.2 Å². The number of hydrogen-bond donors (Lipinski definition) is 2. The molecule has 1 rings (SSSR count). The molecule has 0 spiro atoms. The van der Waals surface area contributed by atoms with Crippen molar-refractivity contribution in [2.45, 2.75) is 45.1 Å². The van der Waals surface area contributed by atoms with Crippen LogP contribution in [-0.4, -0.2) is 17.8 Å². The van der Waals surface area contributed by atoms with Crippen LogP contribution in [0.5, 0.6) is 0 Å². The molecule has 0 aromatic carbocycles. The van der Waals surface area contributed by atoms with E-state index in [0.717, 1.165) is 6.42 Å². The molecule has 0 bridgehead atoms. The maximum absolute atomic E-state index is 9.93. The Morgan fingerprint density at radius 2 is 2.00 bits per heavy atom. The van der Waals surface area contributed by atoms with Crippen LogP contribution in [0.3, 0.4) is 0 Å². The lowest BCUT2D eigenvalue weighted by Crippen LogP contribution is -2.32. The molecule has 0 heterocycles. The summed E-state index contributed by atoms with van der Waals surface area (Å²) in [5, 5.41) is 9.93. The number of hydrogen-bond acceptors (Lipinski definition) is 2. The zero-order valence-corrected chi connectivity index (χ0v) is 8.00. The van der Waals surface area contributed by atoms with Crippen molar-refractivity contribution in [3.8, 4) is 0 Å². The zero-order valence-electron chi connectivity index (χ0n) is 8.00. The van der Waals surface area contributed by atoms with Gasteiger partial charge in [0.05, 0.1) is 6.10 Å². The summed E-state index contributed by atoms with van der Waals surface area (Å²) in [6.45, 7) is 2.74. The fraction of sp³-hybridized carbons (Fsp3) is 1.00. The average molecular weight is 171 g/mol. The highest BCUT2D eigenvalue weighted by atomic mass is 16.3. The van der Waals surface area contributed by atoms with Crippen LogP contribution in [0.25, 0.3) is 0 Å². The van der Waals surface area contributed by atoms with Crippen molar-refractivity contribution in [2.24, 2.45) is 17.6 Å². The van der Waals surface area contributed by atoms with Crippen molar-refractivity contribution in [2.75, 3.05) is 6.54 Å². The quantitative estimate of drug-likeness (QED) is 0.673. The highest BCUT2D eigenvalue weighted by Crippen LogP contribution is 2.31. The fourth-order valence-electron chi connectivity index (χ4n) is 2.23. The Kier molecular flexibility index (Phi) is 4.02. The van der Waals surface area contributed by atoms with Crippen LogP contribution >= 0.6 is 0 Å². The number of nitrogens with two attached hydrogens (primary N) is 1. The summed E-state index contributed by atoms with van der Waals surface area (Å²) < 4.78 is 0. The molecular weight excluding hydrogens is 150 g/mol. The first-order valence-electron chi connectivity index (χ1n) is 5.17. The van der Waals surface area contributed by atoms with Gasteiger partial charge < -0.3 is 10.8 Å². The van der Waals surface area contributed by atoms with Gasteiger partial charge in [0.1, 0.15) is 0 Å². The third-order valence-electron chi connectivity index (χ3n) is 3.19. The van der Waals surface area contributed by atoms with Crippen molar-refractivity contribution >= 4 is 0 Å². The smallest absolute Gasteiger partial charge is 0.0608 e. The fourth-order valence-corrected chi connectivity index (χ4v) is 2.23. The van der Waals surface area contributed by atoms with E-state index in [0.29, 0.717) is 18.4 Å². The van der Waals surface area contributed by atoms with Gasteiger partial charge in [0, 0.05) is 0 Å². The second-order valence-corrected chi connectivity index (χ2v) is 3.94. The third-order valence-corrected chi connectivity index (χ3v) is 3.19. The molecule has 72 valence electrons. The molecule has 2 atom stereocenters. The van der Waals surface area contributed by atoms with Gasteiger partial charge in [-0.15, -0.1) is 0 Å². The molecule has 1 aliphatic carbocycles. The summed E-state index contributed by atoms with van der Waals surface area (Å²) in [5.41, 5.74) is 5.59. The molecule has 0 aromatic rings. The molecule has 1 saturated carbocycles. The molecule has 0 aliphatic heterocycles. The summed E-state index contributed by atoms with van der Waals surface area (Å²) in [6, 6.07) is 0. The minimum absolute atomic E-state index is 0.137. The van der Waals surface area contributed by atoms with Crippen molar-refractivity contribution in [3.63, 3.8) is 0 Å². The van der Waals surface area contributed by atoms with E-state index in [1.165, 1.54) is 25.7 Å². The summed E-state index contributed by atoms with van der Waals surface area (Å²) in [5.74, 6) is 0.867. The van der Waals surface area contributed by atoms with Gasteiger partial charge in [-0.05, 0) is 37.6 Å². The summed E-state index contributed by atoms with van der Waals surface area (Å²) >= 11 is 0. The molecule has 2 unspecified atom stereocenters. The first kappa shape index (κ1) is 10.0. The molecule has 2 nitrogen and oxygen atoms in total. The maximum Gasteiger partial charge on any atom is 0.0608 e. The molecule has 2 heteroatoms. The van der Waals surface area contributed by atoms with Gasteiger partial charge in [-0.2, -0.15) is 0 Å². The van der Waals surface area contributed by atoms with E-state index in [4.69, 9.17) is 5.73 Å². The van der Waals surface area contributed by atoms with Crippen LogP contribution in [0.4, 0.5) is 0 Å². The van der Waals surface area contributed by atoms with E-state index >= 15 is 0 Å². The van der Waals surface area contributed by atoms with E-state index in [1.54, 1.807) is 0 Å². The molecule has 0 saturated heterocycles. The predicted octanol–water partition coefficient (Wildman–Crippen LogP) is 1.52. The normalized spacial score (nSPS) is 24.2. The highest BCUT2D eigenvalue weighted by Gasteiger charge is 2.27. The Morgan fingerprint density at radius 1 is 1.42 bits per heavy atom. The van der Waals surface area contributed by atoms with Crippen molar-refractivity contribution < 1.29 is 5.11 Å². The minimum atomic E-state index is -0.137. The molecule has 0 radical (unpaired) electrons. The lowest BCUT2D eigenvalue weighted by atomic mass is 9.88. The van der Waals surface area contributed by atoms with Crippen LogP contribution in [0.2, 0.25) is 0 Å². The second kappa shape index (κ2) is 4.83. The Bertz CT molecular complexity index is 115. The Hall–Kier alpha value is -0.0800. The van der Waals surface area contributed by atoms with Crippen molar-refractivity contribution in [1.82, 2.24) is 0 Å². The van der Waals surface area contributed by atoms with E-state index in [9.17, 15) is 5.11 Å². The van der Waals surface area contributed by atoms with Crippen LogP contribution in [0.15, 0.2) is 0 Å². The molecule has 12 heavy (non-hydrogen) atoms. The molecular formula is C10H21NO. The number of rotatable bonds is 4. The Balaban J connectivity index is 2.37. The third kappa shape index (κ3) is 2.20. The molecule has 1 aliphatic rings. The SMILES string of the molecule is CCC(CN)C(O)C1CCCC1. The predicted molar refractivity (Wildman–Crippen MR) is 50.8 cm³/mol. The van der Waals surface area contributed by atoms with Gasteiger partial charge in [0.15, 0.2) is 0 Å². The zero-order chi connectivity index (χ0) is 8.97. The van der Waals surface area contributed by atoms with Crippen molar-refractivity contribution in [1.29, 1.82) is 0 Å². The van der Waals surface area contributed by atoms with Gasteiger partial charge in [0.25, 0.3) is 0 Å². The van der Waals surface area contributed by atoms with Crippen LogP contribution in [-0.2, 0) is 0 Å². The van der Waals surface area contributed by atoms with E-state index in [2.05, 4.69) is 6.92 Å². The second-order valence-electron chi connectivity index (χ2n) is 3.94. The summed E-state index contributed by atoms with van der Waals surface area (Å²) in [7, 11) is 0. The van der Waals surface area contributed by atoms with Gasteiger partial charge >= 0.3 is 0 Å². The van der Waals surface area contributed by atoms with Gasteiger partial charge in [-0.25, -0.2) is 0 Å². The monoisotopic (exact) mass is 171 g/mol. The maximum atomic E-state index is 9.93. The van der Waals surface area contributed by atoms with Crippen LogP contribution in [0.1, 0.15) is 39.0 Å².